The normalized spacial score (nSPS) is 17.0. The second-order valence-electron chi connectivity index (χ2n) is 5.02. The molecule has 0 heterocycles. The summed E-state index contributed by atoms with van der Waals surface area (Å²) in [5.74, 6) is -12.1. The quantitative estimate of drug-likeness (QED) is 0.372. The summed E-state index contributed by atoms with van der Waals surface area (Å²) in [7, 11) is 0. The predicted molar refractivity (Wildman–Crippen MR) is 68.7 cm³/mol. The van der Waals surface area contributed by atoms with Crippen molar-refractivity contribution in [3.8, 4) is 0 Å². The molecule has 0 saturated heterocycles. The van der Waals surface area contributed by atoms with E-state index in [9.17, 15) is 26.7 Å². The summed E-state index contributed by atoms with van der Waals surface area (Å²) in [5, 5.41) is 2.73. The van der Waals surface area contributed by atoms with Crippen LogP contribution < -0.4 is 5.32 Å². The molecule has 8 heteroatoms. The van der Waals surface area contributed by atoms with E-state index < -0.39 is 46.1 Å². The highest BCUT2D eigenvalue weighted by Gasteiger charge is 2.37. The molecule has 1 aromatic rings. The van der Waals surface area contributed by atoms with Crippen molar-refractivity contribution in [2.24, 2.45) is 0 Å². The third-order valence-corrected chi connectivity index (χ3v) is 4.71. The largest absolute Gasteiger partial charge is 0.346 e. The molecule has 1 saturated carbocycles. The highest BCUT2D eigenvalue weighted by Crippen LogP contribution is 2.32. The SMILES string of the molecule is O=C(NC1(CBr)CCCC1)c1c(F)c(F)c(F)c(F)c1F. The maximum absolute atomic E-state index is 13.6. The zero-order valence-corrected chi connectivity index (χ0v) is 12.3. The number of hydrogen-bond acceptors (Lipinski definition) is 1. The minimum atomic E-state index is -2.28. The van der Waals surface area contributed by atoms with Crippen LogP contribution in [0, 0.1) is 29.1 Å². The van der Waals surface area contributed by atoms with Crippen LogP contribution in [-0.4, -0.2) is 16.8 Å². The van der Waals surface area contributed by atoms with Gasteiger partial charge in [-0.1, -0.05) is 28.8 Å². The van der Waals surface area contributed by atoms with Gasteiger partial charge in [-0.2, -0.15) is 0 Å². The molecule has 2 nitrogen and oxygen atoms in total. The van der Waals surface area contributed by atoms with Crippen LogP contribution in [0.4, 0.5) is 22.0 Å². The number of carbonyl (C=O) groups is 1. The summed E-state index contributed by atoms with van der Waals surface area (Å²) in [5.41, 5.74) is -2.17. The average molecular weight is 372 g/mol. The summed E-state index contributed by atoms with van der Waals surface area (Å²) in [6.45, 7) is 0. The van der Waals surface area contributed by atoms with Gasteiger partial charge in [-0.05, 0) is 12.8 Å². The van der Waals surface area contributed by atoms with E-state index in [0.29, 0.717) is 18.2 Å². The van der Waals surface area contributed by atoms with Gasteiger partial charge in [-0.3, -0.25) is 4.79 Å². The molecule has 116 valence electrons. The van der Waals surface area contributed by atoms with Gasteiger partial charge in [-0.25, -0.2) is 22.0 Å². The Hall–Kier alpha value is -1.18. The fraction of sp³-hybridized carbons (Fsp3) is 0.462. The molecule has 1 amide bonds. The van der Waals surface area contributed by atoms with Crippen molar-refractivity contribution in [1.29, 1.82) is 0 Å². The second-order valence-corrected chi connectivity index (χ2v) is 5.58. The van der Waals surface area contributed by atoms with Gasteiger partial charge >= 0.3 is 0 Å². The van der Waals surface area contributed by atoms with Crippen LogP contribution in [-0.2, 0) is 0 Å². The minimum absolute atomic E-state index is 0.334. The molecule has 0 aliphatic heterocycles. The van der Waals surface area contributed by atoms with E-state index in [-0.39, 0.29) is 0 Å². The molecular weight excluding hydrogens is 361 g/mol. The summed E-state index contributed by atoms with van der Waals surface area (Å²) in [6.07, 6.45) is 2.75. The lowest BCUT2D eigenvalue weighted by Gasteiger charge is -2.28. The molecule has 1 aliphatic rings. The third kappa shape index (κ3) is 2.77. The standard InChI is InChI=1S/C13H11BrF5NO/c14-5-13(3-1-2-4-13)20-12(21)6-7(15)9(17)11(19)10(18)8(6)16/h1-5H2,(H,20,21). The molecule has 0 bridgehead atoms. The molecule has 0 spiro atoms. The first-order chi connectivity index (χ1) is 9.83. The van der Waals surface area contributed by atoms with Crippen molar-refractivity contribution in [3.63, 3.8) is 0 Å². The lowest BCUT2D eigenvalue weighted by Crippen LogP contribution is -2.48. The number of halogens is 6. The Bertz CT molecular complexity index is 557. The highest BCUT2D eigenvalue weighted by atomic mass is 79.9. The van der Waals surface area contributed by atoms with E-state index in [2.05, 4.69) is 21.2 Å². The van der Waals surface area contributed by atoms with Gasteiger partial charge in [0.1, 0.15) is 5.56 Å². The average Bonchev–Trinajstić information content (AvgIpc) is 2.92. The Morgan fingerprint density at radius 2 is 1.38 bits per heavy atom. The van der Waals surface area contributed by atoms with Gasteiger partial charge in [0.2, 0.25) is 5.82 Å². The third-order valence-electron chi connectivity index (χ3n) is 3.63. The highest BCUT2D eigenvalue weighted by molar-refractivity contribution is 9.09. The van der Waals surface area contributed by atoms with Gasteiger partial charge in [0.05, 0.1) is 5.54 Å². The first kappa shape index (κ1) is 16.2. The minimum Gasteiger partial charge on any atom is -0.346 e. The molecule has 0 unspecified atom stereocenters. The Morgan fingerprint density at radius 1 is 0.952 bits per heavy atom. The fourth-order valence-corrected chi connectivity index (χ4v) is 3.15. The van der Waals surface area contributed by atoms with Crippen LogP contribution in [0.2, 0.25) is 0 Å². The first-order valence-electron chi connectivity index (χ1n) is 6.23. The molecule has 1 aromatic carbocycles. The molecule has 1 N–H and O–H groups in total. The van der Waals surface area contributed by atoms with Gasteiger partial charge in [0.25, 0.3) is 5.91 Å². The summed E-state index contributed by atoms with van der Waals surface area (Å²) < 4.78 is 66.3. The smallest absolute Gasteiger partial charge is 0.257 e. The maximum Gasteiger partial charge on any atom is 0.257 e. The lowest BCUT2D eigenvalue weighted by molar-refractivity contribution is 0.0898. The summed E-state index contributed by atoms with van der Waals surface area (Å²) in [4.78, 5) is 12.0. The number of hydrogen-bond donors (Lipinski definition) is 1. The van der Waals surface area contributed by atoms with Gasteiger partial charge < -0.3 is 5.32 Å². The number of alkyl halides is 1. The van der Waals surface area contributed by atoms with E-state index in [1.165, 1.54) is 0 Å². The number of carbonyl (C=O) groups excluding carboxylic acids is 1. The predicted octanol–water partition coefficient (Wildman–Crippen LogP) is 3.82. The van der Waals surface area contributed by atoms with E-state index in [1.54, 1.807) is 0 Å². The first-order valence-corrected chi connectivity index (χ1v) is 7.35. The lowest BCUT2D eigenvalue weighted by atomic mass is 9.99. The topological polar surface area (TPSA) is 29.1 Å². The number of benzene rings is 1. The van der Waals surface area contributed by atoms with E-state index in [0.717, 1.165) is 12.8 Å². The molecule has 2 rings (SSSR count). The zero-order valence-electron chi connectivity index (χ0n) is 10.7. The van der Waals surface area contributed by atoms with Crippen LogP contribution in [0.1, 0.15) is 36.0 Å². The fourth-order valence-electron chi connectivity index (χ4n) is 2.45. The Labute approximate surface area is 125 Å². The Kier molecular flexibility index (Phi) is 4.55. The van der Waals surface area contributed by atoms with Crippen molar-refractivity contribution in [2.75, 3.05) is 5.33 Å². The van der Waals surface area contributed by atoms with Gasteiger partial charge in [-0.15, -0.1) is 0 Å². The van der Waals surface area contributed by atoms with E-state index >= 15 is 0 Å². The summed E-state index contributed by atoms with van der Waals surface area (Å²) in [6, 6.07) is 0. The Morgan fingerprint density at radius 3 is 1.81 bits per heavy atom. The Balaban J connectivity index is 2.40. The van der Waals surface area contributed by atoms with Crippen molar-refractivity contribution in [2.45, 2.75) is 31.2 Å². The van der Waals surface area contributed by atoms with E-state index in [1.807, 2.05) is 0 Å². The number of rotatable bonds is 3. The van der Waals surface area contributed by atoms with Crippen LogP contribution in [0.3, 0.4) is 0 Å². The molecule has 0 radical (unpaired) electrons. The maximum atomic E-state index is 13.6. The van der Waals surface area contributed by atoms with Crippen molar-refractivity contribution in [1.82, 2.24) is 5.32 Å². The number of nitrogens with one attached hydrogen (secondary N) is 1. The monoisotopic (exact) mass is 371 g/mol. The van der Waals surface area contributed by atoms with Gasteiger partial charge in [0, 0.05) is 5.33 Å². The van der Waals surface area contributed by atoms with Crippen molar-refractivity contribution in [3.05, 3.63) is 34.6 Å². The van der Waals surface area contributed by atoms with Crippen LogP contribution in [0.15, 0.2) is 0 Å². The summed E-state index contributed by atoms with van der Waals surface area (Å²) >= 11 is 3.20. The number of amides is 1. The van der Waals surface area contributed by atoms with E-state index in [4.69, 9.17) is 0 Å². The van der Waals surface area contributed by atoms with Crippen molar-refractivity contribution < 1.29 is 26.7 Å². The van der Waals surface area contributed by atoms with Crippen LogP contribution >= 0.6 is 15.9 Å². The molecule has 1 aliphatic carbocycles. The molecule has 21 heavy (non-hydrogen) atoms. The molecule has 1 fully saturated rings. The van der Waals surface area contributed by atoms with Crippen molar-refractivity contribution >= 4 is 21.8 Å². The molecule has 0 aromatic heterocycles. The van der Waals surface area contributed by atoms with Crippen LogP contribution in [0.5, 0.6) is 0 Å². The molecule has 0 atom stereocenters. The van der Waals surface area contributed by atoms with Crippen LogP contribution in [0.25, 0.3) is 0 Å². The zero-order chi connectivity index (χ0) is 15.8. The second kappa shape index (κ2) is 5.90. The van der Waals surface area contributed by atoms with Gasteiger partial charge in [0.15, 0.2) is 23.3 Å². The molecular formula is C13H11BrF5NO.